The van der Waals surface area contributed by atoms with Gasteiger partial charge in [-0.2, -0.15) is 4.98 Å². The van der Waals surface area contributed by atoms with Gasteiger partial charge in [-0.15, -0.1) is 0 Å². The first-order valence-electron chi connectivity index (χ1n) is 8.55. The van der Waals surface area contributed by atoms with Crippen molar-refractivity contribution in [1.82, 2.24) is 14.9 Å². The number of nitrogen functional groups attached to an aromatic ring is 1. The topological polar surface area (TPSA) is 102 Å². The van der Waals surface area contributed by atoms with Crippen LogP contribution in [0.5, 0.6) is 5.75 Å². The van der Waals surface area contributed by atoms with E-state index in [0.717, 1.165) is 32.7 Å². The number of hydrogen-bond acceptors (Lipinski definition) is 8. The summed E-state index contributed by atoms with van der Waals surface area (Å²) in [5.41, 5.74) is 5.99. The maximum absolute atomic E-state index is 13.0. The molecule has 1 aliphatic heterocycles. The van der Waals surface area contributed by atoms with Crippen LogP contribution in [0.2, 0.25) is 5.02 Å². The molecule has 2 aromatic rings. The fourth-order valence-electron chi connectivity index (χ4n) is 2.98. The van der Waals surface area contributed by atoms with Crippen LogP contribution < -0.4 is 15.4 Å². The summed E-state index contributed by atoms with van der Waals surface area (Å²) in [4.78, 5) is 12.6. The summed E-state index contributed by atoms with van der Waals surface area (Å²) in [6.45, 7) is 6.45. The van der Waals surface area contributed by atoms with Gasteiger partial charge >= 0.3 is 0 Å². The van der Waals surface area contributed by atoms with Crippen LogP contribution in [0.15, 0.2) is 34.2 Å². The van der Waals surface area contributed by atoms with E-state index in [4.69, 9.17) is 22.1 Å². The summed E-state index contributed by atoms with van der Waals surface area (Å²) in [5, 5.41) is 0.277. The Balaban J connectivity index is 1.93. The maximum Gasteiger partial charge on any atom is 0.227 e. The van der Waals surface area contributed by atoms with Crippen molar-refractivity contribution in [2.75, 3.05) is 50.5 Å². The third kappa shape index (κ3) is 3.95. The zero-order valence-corrected chi connectivity index (χ0v) is 16.8. The Morgan fingerprint density at radius 2 is 1.93 bits per heavy atom. The average Bonchev–Trinajstić information content (AvgIpc) is 2.67. The molecular formula is C17H22ClN5O3S. The summed E-state index contributed by atoms with van der Waals surface area (Å²) >= 11 is 5.96. The van der Waals surface area contributed by atoms with E-state index in [2.05, 4.69) is 21.8 Å². The third-order valence-corrected chi connectivity index (χ3v) is 6.60. The van der Waals surface area contributed by atoms with Crippen molar-refractivity contribution >= 4 is 33.2 Å². The van der Waals surface area contributed by atoms with E-state index >= 15 is 0 Å². The van der Waals surface area contributed by atoms with E-state index in [1.807, 2.05) is 4.90 Å². The molecule has 3 rings (SSSR count). The number of aromatic nitrogens is 2. The first-order chi connectivity index (χ1) is 12.9. The second-order valence-electron chi connectivity index (χ2n) is 6.14. The van der Waals surface area contributed by atoms with Gasteiger partial charge in [-0.3, -0.25) is 0 Å². The van der Waals surface area contributed by atoms with E-state index < -0.39 is 9.84 Å². The second kappa shape index (κ2) is 7.87. The molecule has 2 N–H and O–H groups in total. The molecule has 1 fully saturated rings. The van der Waals surface area contributed by atoms with Crippen LogP contribution in [0, 0.1) is 0 Å². The van der Waals surface area contributed by atoms with Crippen molar-refractivity contribution in [1.29, 1.82) is 0 Å². The van der Waals surface area contributed by atoms with E-state index in [1.165, 1.54) is 25.4 Å². The predicted octanol–water partition coefficient (Wildman–Crippen LogP) is 1.70. The summed E-state index contributed by atoms with van der Waals surface area (Å²) in [6.07, 6.45) is 1.25. The Labute approximate surface area is 163 Å². The zero-order chi connectivity index (χ0) is 19.6. The Kier molecular flexibility index (Phi) is 5.73. The van der Waals surface area contributed by atoms with E-state index in [1.54, 1.807) is 6.07 Å². The van der Waals surface area contributed by atoms with Gasteiger partial charge in [0.15, 0.2) is 0 Å². The largest absolute Gasteiger partial charge is 0.495 e. The highest BCUT2D eigenvalue weighted by atomic mass is 35.5. The Morgan fingerprint density at radius 3 is 2.52 bits per heavy atom. The lowest BCUT2D eigenvalue weighted by Gasteiger charge is -2.34. The molecule has 0 amide bonds. The lowest BCUT2D eigenvalue weighted by atomic mass is 10.3. The van der Waals surface area contributed by atoms with Crippen molar-refractivity contribution in [2.45, 2.75) is 16.7 Å². The van der Waals surface area contributed by atoms with E-state index in [9.17, 15) is 8.42 Å². The average molecular weight is 412 g/mol. The number of nitrogens with two attached hydrogens (primary N) is 1. The molecule has 0 unspecified atom stereocenters. The van der Waals surface area contributed by atoms with Crippen LogP contribution in [-0.2, 0) is 9.84 Å². The Hall–Kier alpha value is -2.10. The van der Waals surface area contributed by atoms with Gasteiger partial charge in [-0.25, -0.2) is 13.4 Å². The lowest BCUT2D eigenvalue weighted by molar-refractivity contribution is 0.270. The van der Waals surface area contributed by atoms with Gasteiger partial charge in [0.25, 0.3) is 0 Å². The molecule has 0 saturated carbocycles. The SMILES string of the molecule is CCN1CCN(c2ncc(S(=O)(=O)c3cc(Cl)ccc3OC)c(N)n2)CC1. The number of hydrogen-bond donors (Lipinski definition) is 1. The molecular weight excluding hydrogens is 390 g/mol. The Bertz CT molecular complexity index is 930. The number of anilines is 2. The van der Waals surface area contributed by atoms with Gasteiger partial charge < -0.3 is 20.3 Å². The number of rotatable bonds is 5. The van der Waals surface area contributed by atoms with Crippen molar-refractivity contribution in [3.8, 4) is 5.75 Å². The number of nitrogens with zero attached hydrogens (tertiary/aromatic N) is 4. The molecule has 0 bridgehead atoms. The highest BCUT2D eigenvalue weighted by Crippen LogP contribution is 2.33. The minimum atomic E-state index is -3.98. The van der Waals surface area contributed by atoms with Crippen LogP contribution in [0.4, 0.5) is 11.8 Å². The summed E-state index contributed by atoms with van der Waals surface area (Å²) in [7, 11) is -2.59. The lowest BCUT2D eigenvalue weighted by Crippen LogP contribution is -2.46. The van der Waals surface area contributed by atoms with Crippen LogP contribution >= 0.6 is 11.6 Å². The Morgan fingerprint density at radius 1 is 1.22 bits per heavy atom. The predicted molar refractivity (Wildman–Crippen MR) is 104 cm³/mol. The molecule has 27 heavy (non-hydrogen) atoms. The summed E-state index contributed by atoms with van der Waals surface area (Å²) < 4.78 is 31.2. The molecule has 0 spiro atoms. The molecule has 2 heterocycles. The fourth-order valence-corrected chi connectivity index (χ4v) is 4.66. The van der Waals surface area contributed by atoms with Gasteiger partial charge in [0.2, 0.25) is 15.8 Å². The number of ether oxygens (including phenoxy) is 1. The number of benzene rings is 1. The van der Waals surface area contributed by atoms with E-state index in [0.29, 0.717) is 5.95 Å². The number of likely N-dealkylation sites (N-methyl/N-ethyl adjacent to an activating group) is 1. The molecule has 0 radical (unpaired) electrons. The highest BCUT2D eigenvalue weighted by Gasteiger charge is 2.27. The van der Waals surface area contributed by atoms with Crippen LogP contribution in [0.25, 0.3) is 0 Å². The van der Waals surface area contributed by atoms with Crippen molar-refractivity contribution in [3.63, 3.8) is 0 Å². The maximum atomic E-state index is 13.0. The van der Waals surface area contributed by atoms with Gasteiger partial charge in [-0.05, 0) is 24.7 Å². The van der Waals surface area contributed by atoms with Crippen molar-refractivity contribution < 1.29 is 13.2 Å². The molecule has 1 aromatic carbocycles. The smallest absolute Gasteiger partial charge is 0.227 e. The van der Waals surface area contributed by atoms with Gasteiger partial charge in [-0.1, -0.05) is 18.5 Å². The monoisotopic (exact) mass is 411 g/mol. The molecule has 146 valence electrons. The normalized spacial score (nSPS) is 15.7. The standard InChI is InChI=1S/C17H22ClN5O3S/c1-3-22-6-8-23(9-7-22)17-20-11-15(16(19)21-17)27(24,25)14-10-12(18)4-5-13(14)26-2/h4-5,10-11H,3,6-9H2,1-2H3,(H2,19,20,21). The van der Waals surface area contributed by atoms with Crippen molar-refractivity contribution in [2.24, 2.45) is 0 Å². The van der Waals surface area contributed by atoms with Crippen LogP contribution in [0.3, 0.4) is 0 Å². The third-order valence-electron chi connectivity index (χ3n) is 4.58. The van der Waals surface area contributed by atoms with E-state index in [-0.39, 0.29) is 26.4 Å². The molecule has 8 nitrogen and oxygen atoms in total. The van der Waals surface area contributed by atoms with Crippen molar-refractivity contribution in [3.05, 3.63) is 29.4 Å². The molecule has 1 saturated heterocycles. The second-order valence-corrected chi connectivity index (χ2v) is 8.46. The molecule has 10 heteroatoms. The molecule has 1 aromatic heterocycles. The highest BCUT2D eigenvalue weighted by molar-refractivity contribution is 7.91. The molecule has 0 atom stereocenters. The number of sulfone groups is 1. The van der Waals surface area contributed by atoms with Crippen LogP contribution in [0.1, 0.15) is 6.92 Å². The van der Waals surface area contributed by atoms with Gasteiger partial charge in [0.05, 0.1) is 13.3 Å². The van der Waals surface area contributed by atoms with Crippen LogP contribution in [-0.4, -0.2) is 63.1 Å². The minimum Gasteiger partial charge on any atom is -0.495 e. The zero-order valence-electron chi connectivity index (χ0n) is 15.2. The summed E-state index contributed by atoms with van der Waals surface area (Å²) in [5.74, 6) is 0.513. The quantitative estimate of drug-likeness (QED) is 0.793. The number of piperazine rings is 1. The fraction of sp³-hybridized carbons (Fsp3) is 0.412. The first kappa shape index (κ1) is 19.7. The van der Waals surface area contributed by atoms with Gasteiger partial charge in [0, 0.05) is 31.2 Å². The number of halogens is 1. The number of methoxy groups -OCH3 is 1. The summed E-state index contributed by atoms with van der Waals surface area (Å²) in [6, 6.07) is 4.37. The van der Waals surface area contributed by atoms with Gasteiger partial charge in [0.1, 0.15) is 21.4 Å². The molecule has 1 aliphatic rings. The first-order valence-corrected chi connectivity index (χ1v) is 10.4. The minimum absolute atomic E-state index is 0.0721. The molecule has 0 aliphatic carbocycles.